The summed E-state index contributed by atoms with van der Waals surface area (Å²) in [4.78, 5) is 78.1. The summed E-state index contributed by atoms with van der Waals surface area (Å²) in [5.74, 6) is -3.38. The Hall–Kier alpha value is -4.98. The van der Waals surface area contributed by atoms with Gasteiger partial charge in [0.05, 0.1) is 6.61 Å². The Morgan fingerprint density at radius 2 is 1.46 bits per heavy atom. The first-order chi connectivity index (χ1) is 22.0. The van der Waals surface area contributed by atoms with Crippen LogP contribution < -0.4 is 16.4 Å². The van der Waals surface area contributed by atoms with E-state index in [1.54, 1.807) is 61.5 Å². The zero-order valence-corrected chi connectivity index (χ0v) is 26.3. The molecule has 3 rings (SSSR count). The Bertz CT molecular complexity index is 1370. The van der Waals surface area contributed by atoms with Crippen molar-refractivity contribution >= 4 is 35.8 Å². The fourth-order valence-corrected chi connectivity index (χ4v) is 4.68. The summed E-state index contributed by atoms with van der Waals surface area (Å²) in [5.41, 5.74) is 6.96. The van der Waals surface area contributed by atoms with Crippen molar-refractivity contribution < 1.29 is 43.0 Å². The van der Waals surface area contributed by atoms with E-state index in [0.29, 0.717) is 10.6 Å². The molecule has 46 heavy (non-hydrogen) atoms. The number of primary amides is 1. The molecule has 6 amide bonds. The van der Waals surface area contributed by atoms with Crippen LogP contribution in [0.4, 0.5) is 9.59 Å². The van der Waals surface area contributed by atoms with Gasteiger partial charge in [0, 0.05) is 13.0 Å². The molecule has 2 aromatic carbocycles. The molecule has 0 aliphatic carbocycles. The van der Waals surface area contributed by atoms with Gasteiger partial charge in [0.2, 0.25) is 5.91 Å². The maximum absolute atomic E-state index is 14.0. The van der Waals surface area contributed by atoms with Gasteiger partial charge in [0.1, 0.15) is 18.7 Å². The van der Waals surface area contributed by atoms with Gasteiger partial charge >= 0.3 is 18.1 Å². The third-order valence-electron chi connectivity index (χ3n) is 6.89. The molecular formula is C32H41N5O9. The Kier molecular flexibility index (Phi) is 13.1. The molecule has 1 aliphatic rings. The van der Waals surface area contributed by atoms with Gasteiger partial charge in [0.25, 0.3) is 11.8 Å². The summed E-state index contributed by atoms with van der Waals surface area (Å²) in [6.07, 6.45) is -3.25. The highest BCUT2D eigenvalue weighted by Gasteiger charge is 2.55. The van der Waals surface area contributed by atoms with Crippen LogP contribution in [0.25, 0.3) is 0 Å². The molecule has 1 heterocycles. The second-order valence-corrected chi connectivity index (χ2v) is 10.9. The zero-order chi connectivity index (χ0) is 33.8. The first-order valence-corrected chi connectivity index (χ1v) is 15.0. The second kappa shape index (κ2) is 16.9. The predicted molar refractivity (Wildman–Crippen MR) is 164 cm³/mol. The average molecular weight is 640 g/mol. The van der Waals surface area contributed by atoms with Gasteiger partial charge in [-0.2, -0.15) is 5.01 Å². The zero-order valence-electron chi connectivity index (χ0n) is 26.3. The highest BCUT2D eigenvalue weighted by atomic mass is 16.6. The standard InChI is InChI=1S/C32H41N5O9/c1-5-36(37(31(33)42)29(40)25-26(46-25)30(41)44-6-2)28(39)24(18-21-13-9-7-10-14-21)34-27(38)23(17-20(3)4)35-32(43)45-19-22-15-11-8-12-16-22/h7-16,20,23-26H,5-6,17-19H2,1-4H3,(H2,33,42)(H,34,38)(H,35,43)/t23-,24-,25-,26-/m0/s1. The highest BCUT2D eigenvalue weighted by molar-refractivity contribution is 6.03. The molecule has 14 nitrogen and oxygen atoms in total. The summed E-state index contributed by atoms with van der Waals surface area (Å²) in [6.45, 7) is 6.65. The Morgan fingerprint density at radius 3 is 2.00 bits per heavy atom. The molecule has 2 aromatic rings. The molecule has 0 aromatic heterocycles. The summed E-state index contributed by atoms with van der Waals surface area (Å²) >= 11 is 0. The second-order valence-electron chi connectivity index (χ2n) is 10.9. The molecule has 0 bridgehead atoms. The SMILES string of the molecule is CCOC(=O)[C@H]1O[C@@H]1C(=O)N(C(N)=O)N(CC)C(=O)[C@H](Cc1ccccc1)NC(=O)[C@H](CC(C)C)NC(=O)OCc1ccccc1. The van der Waals surface area contributed by atoms with Gasteiger partial charge in [-0.15, -0.1) is 0 Å². The number of alkyl carbamates (subject to hydrolysis) is 1. The summed E-state index contributed by atoms with van der Waals surface area (Å²) in [6, 6.07) is 14.1. The number of nitrogens with one attached hydrogen (secondary N) is 2. The van der Waals surface area contributed by atoms with Crippen LogP contribution >= 0.6 is 0 Å². The van der Waals surface area contributed by atoms with Crippen LogP contribution in [-0.4, -0.2) is 83.3 Å². The first-order valence-electron chi connectivity index (χ1n) is 15.0. The van der Waals surface area contributed by atoms with Crippen molar-refractivity contribution in [2.45, 2.75) is 71.4 Å². The number of hydrogen-bond acceptors (Lipinski definition) is 9. The van der Waals surface area contributed by atoms with Gasteiger partial charge in [-0.1, -0.05) is 74.5 Å². The molecule has 4 atom stereocenters. The molecule has 4 N–H and O–H groups in total. The van der Waals surface area contributed by atoms with Crippen molar-refractivity contribution in [3.8, 4) is 0 Å². The van der Waals surface area contributed by atoms with Crippen molar-refractivity contribution in [2.24, 2.45) is 11.7 Å². The van der Waals surface area contributed by atoms with Crippen LogP contribution in [0.3, 0.4) is 0 Å². The lowest BCUT2D eigenvalue weighted by atomic mass is 10.0. The van der Waals surface area contributed by atoms with E-state index >= 15 is 0 Å². The predicted octanol–water partition coefficient (Wildman–Crippen LogP) is 2.06. The molecule has 248 valence electrons. The number of carbonyl (C=O) groups is 6. The van der Waals surface area contributed by atoms with Crippen molar-refractivity contribution in [3.05, 3.63) is 71.8 Å². The largest absolute Gasteiger partial charge is 0.464 e. The smallest absolute Gasteiger partial charge is 0.408 e. The van der Waals surface area contributed by atoms with Crippen molar-refractivity contribution in [1.82, 2.24) is 20.7 Å². The van der Waals surface area contributed by atoms with E-state index in [1.807, 2.05) is 19.9 Å². The molecule has 1 saturated heterocycles. The van der Waals surface area contributed by atoms with Gasteiger partial charge in [-0.3, -0.25) is 14.4 Å². The molecule has 1 aliphatic heterocycles. The topological polar surface area (TPSA) is 190 Å². The monoisotopic (exact) mass is 639 g/mol. The Balaban J connectivity index is 1.82. The lowest BCUT2D eigenvalue weighted by molar-refractivity contribution is -0.159. The molecule has 0 radical (unpaired) electrons. The van der Waals surface area contributed by atoms with Gasteiger partial charge in [-0.05, 0) is 37.3 Å². The third kappa shape index (κ3) is 10.0. The van der Waals surface area contributed by atoms with Crippen molar-refractivity contribution in [2.75, 3.05) is 13.2 Å². The van der Waals surface area contributed by atoms with E-state index < -0.39 is 60.1 Å². The summed E-state index contributed by atoms with van der Waals surface area (Å²) < 4.78 is 15.3. The normalized spacial score (nSPS) is 16.4. The summed E-state index contributed by atoms with van der Waals surface area (Å²) in [5, 5.41) is 6.47. The number of epoxide rings is 1. The number of esters is 1. The van der Waals surface area contributed by atoms with Crippen LogP contribution in [0.5, 0.6) is 0 Å². The van der Waals surface area contributed by atoms with Gasteiger partial charge in [-0.25, -0.2) is 19.4 Å². The number of amides is 6. The Labute approximate surface area is 267 Å². The number of hydrogen-bond donors (Lipinski definition) is 3. The highest BCUT2D eigenvalue weighted by Crippen LogP contribution is 2.26. The van der Waals surface area contributed by atoms with Crippen LogP contribution in [0.1, 0.15) is 45.2 Å². The van der Waals surface area contributed by atoms with E-state index in [9.17, 15) is 28.8 Å². The van der Waals surface area contributed by atoms with Gasteiger partial charge in [0.15, 0.2) is 12.2 Å². The molecular weight excluding hydrogens is 598 g/mol. The van der Waals surface area contributed by atoms with Crippen LogP contribution in [-0.2, 0) is 46.4 Å². The maximum Gasteiger partial charge on any atom is 0.408 e. The van der Waals surface area contributed by atoms with Crippen LogP contribution in [0.15, 0.2) is 60.7 Å². The number of likely N-dealkylation sites (N-methyl/N-ethyl adjacent to an activating group) is 1. The van der Waals surface area contributed by atoms with Gasteiger partial charge < -0.3 is 30.6 Å². The third-order valence-corrected chi connectivity index (χ3v) is 6.89. The quantitative estimate of drug-likeness (QED) is 0.158. The number of ether oxygens (including phenoxy) is 3. The molecule has 0 unspecified atom stereocenters. The molecule has 1 fully saturated rings. The number of rotatable bonds is 14. The fourth-order valence-electron chi connectivity index (χ4n) is 4.68. The molecule has 0 saturated carbocycles. The van der Waals surface area contributed by atoms with E-state index in [0.717, 1.165) is 10.6 Å². The lowest BCUT2D eigenvalue weighted by Crippen LogP contribution is -2.62. The fraction of sp³-hybridized carbons (Fsp3) is 0.438. The van der Waals surface area contributed by atoms with E-state index in [-0.39, 0.29) is 38.5 Å². The van der Waals surface area contributed by atoms with E-state index in [1.165, 1.54) is 6.92 Å². The number of nitrogens with two attached hydrogens (primary N) is 1. The van der Waals surface area contributed by atoms with E-state index in [2.05, 4.69) is 10.6 Å². The minimum absolute atomic E-state index is 0.0119. The number of nitrogens with zero attached hydrogens (tertiary/aromatic N) is 2. The van der Waals surface area contributed by atoms with E-state index in [4.69, 9.17) is 19.9 Å². The van der Waals surface area contributed by atoms with Crippen molar-refractivity contribution in [1.29, 1.82) is 0 Å². The number of imide groups is 1. The Morgan fingerprint density at radius 1 is 0.848 bits per heavy atom. The first kappa shape index (κ1) is 35.5. The minimum atomic E-state index is -1.38. The maximum atomic E-state index is 14.0. The van der Waals surface area contributed by atoms with Crippen molar-refractivity contribution in [3.63, 3.8) is 0 Å². The van der Waals surface area contributed by atoms with Crippen LogP contribution in [0.2, 0.25) is 0 Å². The number of carbonyl (C=O) groups excluding carboxylic acids is 6. The number of hydrazine groups is 1. The number of urea groups is 1. The average Bonchev–Trinajstić information content (AvgIpc) is 3.83. The van der Waals surface area contributed by atoms with Crippen LogP contribution in [0, 0.1) is 5.92 Å². The molecule has 0 spiro atoms. The number of benzene rings is 2. The minimum Gasteiger partial charge on any atom is -0.464 e. The lowest BCUT2D eigenvalue weighted by Gasteiger charge is -2.34. The summed E-state index contributed by atoms with van der Waals surface area (Å²) in [7, 11) is 0. The molecule has 14 heteroatoms.